The van der Waals surface area contributed by atoms with Gasteiger partial charge in [-0.05, 0) is 86.5 Å². The lowest BCUT2D eigenvalue weighted by Gasteiger charge is -2.19. The molecule has 1 aliphatic rings. The van der Waals surface area contributed by atoms with E-state index < -0.39 is 24.0 Å². The Morgan fingerprint density at radius 1 is 0.959 bits per heavy atom. The molecule has 0 aliphatic carbocycles. The summed E-state index contributed by atoms with van der Waals surface area (Å²) in [6.45, 7) is 5.74. The van der Waals surface area contributed by atoms with E-state index in [1.165, 1.54) is 25.3 Å². The molecule has 2 unspecified atom stereocenters. The molecule has 4 aromatic carbocycles. The molecule has 0 saturated carbocycles. The van der Waals surface area contributed by atoms with Gasteiger partial charge in [-0.1, -0.05) is 65.5 Å². The van der Waals surface area contributed by atoms with Crippen molar-refractivity contribution < 1.29 is 23.9 Å². The van der Waals surface area contributed by atoms with Crippen molar-refractivity contribution in [1.82, 2.24) is 5.32 Å². The monoisotopic (exact) mass is 720 g/mol. The van der Waals surface area contributed by atoms with Crippen LogP contribution in [0.3, 0.4) is 0 Å². The quantitative estimate of drug-likeness (QED) is 0.159. The average molecular weight is 722 g/mol. The van der Waals surface area contributed by atoms with Crippen molar-refractivity contribution in [3.63, 3.8) is 0 Å². The number of nitrogens with zero attached hydrogens (tertiary/aromatic N) is 4. The first-order valence-electron chi connectivity index (χ1n) is 15.1. The standard InChI is InChI=1S/C35H31Cl3N6O5/c1-5-28(49-29-14-9-19(2)15-20(29)3)34(46)39-24-8-6-7-21(16-24)33(45)40-32-30(42-41-23-10-12-25(48-4)13-11-23)35(47)44(43-32)31-26(37)17-22(36)18-27(31)38/h6-18,28,30H,5H2,1-4H3,(H,39,46)(H,40,43,45). The summed E-state index contributed by atoms with van der Waals surface area (Å²) in [5, 5.41) is 19.5. The smallest absolute Gasteiger partial charge is 0.282 e. The predicted octanol–water partition coefficient (Wildman–Crippen LogP) is 8.31. The Morgan fingerprint density at radius 2 is 1.67 bits per heavy atom. The molecule has 5 rings (SSSR count). The van der Waals surface area contributed by atoms with E-state index in [0.717, 1.165) is 16.1 Å². The number of carbonyl (C=O) groups is 3. The first-order chi connectivity index (χ1) is 23.5. The van der Waals surface area contributed by atoms with Crippen LogP contribution in [-0.2, 0) is 9.59 Å². The highest BCUT2D eigenvalue weighted by atomic mass is 35.5. The predicted molar refractivity (Wildman–Crippen MR) is 191 cm³/mol. The fraction of sp³-hybridized carbons (Fsp3) is 0.200. The second-order valence-electron chi connectivity index (χ2n) is 11.0. The number of hydrogen-bond acceptors (Lipinski definition) is 8. The lowest BCUT2D eigenvalue weighted by atomic mass is 10.1. The van der Waals surface area contributed by atoms with E-state index >= 15 is 0 Å². The number of halogens is 3. The minimum Gasteiger partial charge on any atom is -0.497 e. The highest BCUT2D eigenvalue weighted by molar-refractivity contribution is 6.43. The van der Waals surface area contributed by atoms with E-state index in [1.54, 1.807) is 42.5 Å². The summed E-state index contributed by atoms with van der Waals surface area (Å²) in [5.74, 6) is -0.577. The fourth-order valence-corrected chi connectivity index (χ4v) is 5.85. The molecule has 1 aliphatic heterocycles. The van der Waals surface area contributed by atoms with Crippen LogP contribution in [0.2, 0.25) is 15.1 Å². The number of carbonyl (C=O) groups excluding carboxylic acids is 3. The van der Waals surface area contributed by atoms with Crippen LogP contribution in [0.1, 0.15) is 34.8 Å². The van der Waals surface area contributed by atoms with Gasteiger partial charge in [0.1, 0.15) is 17.2 Å². The summed E-state index contributed by atoms with van der Waals surface area (Å²) in [5.41, 5.74) is 3.02. The SMILES string of the molecule is CCC(Oc1ccc(C)cc1C)C(=O)Nc1cccc(C(=O)NC2=NN(c3c(Cl)cc(Cl)cc3Cl)C(=O)C2N=Nc2ccc(OC)cc2)c1. The second kappa shape index (κ2) is 15.5. The Bertz CT molecular complexity index is 1940. The van der Waals surface area contributed by atoms with E-state index in [9.17, 15) is 14.4 Å². The van der Waals surface area contributed by atoms with Crippen molar-refractivity contribution in [2.75, 3.05) is 17.4 Å². The Kier molecular flexibility index (Phi) is 11.2. The number of nitrogens with one attached hydrogen (secondary N) is 2. The third-order valence-electron chi connectivity index (χ3n) is 7.36. The number of rotatable bonds is 10. The van der Waals surface area contributed by atoms with Gasteiger partial charge in [0, 0.05) is 16.3 Å². The lowest BCUT2D eigenvalue weighted by molar-refractivity contribution is -0.123. The number of anilines is 2. The number of aryl methyl sites for hydroxylation is 2. The Morgan fingerprint density at radius 3 is 2.33 bits per heavy atom. The largest absolute Gasteiger partial charge is 0.497 e. The number of amides is 3. The molecule has 0 fully saturated rings. The zero-order valence-electron chi connectivity index (χ0n) is 26.8. The van der Waals surface area contributed by atoms with Gasteiger partial charge >= 0.3 is 0 Å². The molecule has 11 nitrogen and oxygen atoms in total. The molecule has 0 radical (unpaired) electrons. The Hall–Kier alpha value is -4.97. The van der Waals surface area contributed by atoms with Crippen molar-refractivity contribution in [1.29, 1.82) is 0 Å². The molecule has 252 valence electrons. The molecule has 0 spiro atoms. The van der Waals surface area contributed by atoms with Crippen LogP contribution < -0.4 is 25.1 Å². The minimum absolute atomic E-state index is 0.0587. The average Bonchev–Trinajstić information content (AvgIpc) is 3.36. The highest BCUT2D eigenvalue weighted by Gasteiger charge is 2.40. The molecular formula is C35H31Cl3N6O5. The normalized spacial score (nSPS) is 14.8. The molecule has 0 bridgehead atoms. The first-order valence-corrected chi connectivity index (χ1v) is 16.2. The van der Waals surface area contributed by atoms with Gasteiger partial charge in [-0.15, -0.1) is 5.10 Å². The number of hydrogen-bond donors (Lipinski definition) is 2. The van der Waals surface area contributed by atoms with E-state index in [1.807, 2.05) is 39.0 Å². The summed E-state index contributed by atoms with van der Waals surface area (Å²) in [6.07, 6.45) is -0.357. The molecule has 0 aromatic heterocycles. The highest BCUT2D eigenvalue weighted by Crippen LogP contribution is 2.39. The topological polar surface area (TPSA) is 134 Å². The molecule has 0 saturated heterocycles. The van der Waals surface area contributed by atoms with Crippen molar-refractivity contribution in [3.05, 3.63) is 111 Å². The Balaban J connectivity index is 1.37. The molecule has 3 amide bonds. The van der Waals surface area contributed by atoms with Gasteiger partial charge in [0.05, 0.1) is 22.8 Å². The first kappa shape index (κ1) is 35.3. The number of hydrazone groups is 1. The molecule has 2 atom stereocenters. The molecule has 49 heavy (non-hydrogen) atoms. The molecular weight excluding hydrogens is 691 g/mol. The molecule has 1 heterocycles. The third kappa shape index (κ3) is 8.37. The van der Waals surface area contributed by atoms with Gasteiger partial charge in [-0.25, -0.2) is 0 Å². The van der Waals surface area contributed by atoms with Crippen LogP contribution in [0, 0.1) is 13.8 Å². The Labute approximate surface area is 297 Å². The summed E-state index contributed by atoms with van der Waals surface area (Å²) < 4.78 is 11.2. The van der Waals surface area contributed by atoms with Crippen molar-refractivity contribution in [3.8, 4) is 11.5 Å². The number of benzene rings is 4. The molecule has 2 N–H and O–H groups in total. The van der Waals surface area contributed by atoms with Gasteiger partial charge in [0.15, 0.2) is 11.9 Å². The molecule has 4 aromatic rings. The maximum Gasteiger partial charge on any atom is 0.282 e. The van der Waals surface area contributed by atoms with Crippen LogP contribution in [-0.4, -0.2) is 42.8 Å². The van der Waals surface area contributed by atoms with E-state index in [-0.39, 0.29) is 38.1 Å². The maximum absolute atomic E-state index is 13.7. The summed E-state index contributed by atoms with van der Waals surface area (Å²) in [6, 6.07) is 20.2. The second-order valence-corrected chi connectivity index (χ2v) is 12.2. The van der Waals surface area contributed by atoms with Gasteiger partial charge in [0.2, 0.25) is 6.04 Å². The van der Waals surface area contributed by atoms with Crippen LogP contribution in [0.25, 0.3) is 0 Å². The third-order valence-corrected chi connectivity index (χ3v) is 8.16. The number of ether oxygens (including phenoxy) is 2. The van der Waals surface area contributed by atoms with Crippen LogP contribution in [0.4, 0.5) is 17.1 Å². The zero-order valence-corrected chi connectivity index (χ0v) is 29.1. The maximum atomic E-state index is 13.7. The van der Waals surface area contributed by atoms with Crippen molar-refractivity contribution in [2.45, 2.75) is 39.3 Å². The van der Waals surface area contributed by atoms with Gasteiger partial charge in [-0.3, -0.25) is 14.4 Å². The number of methoxy groups -OCH3 is 1. The summed E-state index contributed by atoms with van der Waals surface area (Å²) in [7, 11) is 1.54. The number of amidine groups is 1. The van der Waals surface area contributed by atoms with E-state index in [4.69, 9.17) is 44.3 Å². The lowest BCUT2D eigenvalue weighted by Crippen LogP contribution is -2.39. The van der Waals surface area contributed by atoms with Crippen LogP contribution in [0.5, 0.6) is 11.5 Å². The van der Waals surface area contributed by atoms with Crippen LogP contribution in [0.15, 0.2) is 94.2 Å². The summed E-state index contributed by atoms with van der Waals surface area (Å²) >= 11 is 18.9. The zero-order chi connectivity index (χ0) is 35.2. The summed E-state index contributed by atoms with van der Waals surface area (Å²) in [4.78, 5) is 40.4. The van der Waals surface area contributed by atoms with Crippen molar-refractivity contribution >= 4 is 75.4 Å². The van der Waals surface area contributed by atoms with Gasteiger partial charge in [0.25, 0.3) is 17.7 Å². The number of azo groups is 1. The van der Waals surface area contributed by atoms with Gasteiger partial charge < -0.3 is 20.1 Å². The molecule has 14 heteroatoms. The van der Waals surface area contributed by atoms with Crippen molar-refractivity contribution in [2.24, 2.45) is 15.3 Å². The van der Waals surface area contributed by atoms with E-state index in [2.05, 4.69) is 26.0 Å². The van der Waals surface area contributed by atoms with Gasteiger partial charge in [-0.2, -0.15) is 15.2 Å². The van der Waals surface area contributed by atoms with Crippen LogP contribution >= 0.6 is 34.8 Å². The van der Waals surface area contributed by atoms with E-state index in [0.29, 0.717) is 29.3 Å². The minimum atomic E-state index is -1.36. The fourth-order valence-electron chi connectivity index (χ4n) is 4.87.